The summed E-state index contributed by atoms with van der Waals surface area (Å²) in [7, 11) is 0. The third-order valence-corrected chi connectivity index (χ3v) is 6.64. The van der Waals surface area contributed by atoms with Gasteiger partial charge in [-0.3, -0.25) is 19.3 Å². The largest absolute Gasteiger partial charge is 0.444 e. The van der Waals surface area contributed by atoms with E-state index in [1.165, 1.54) is 4.90 Å². The lowest BCUT2D eigenvalue weighted by Crippen LogP contribution is -2.55. The minimum atomic E-state index is -0.849. The third kappa shape index (κ3) is 7.54. The number of carbonyl (C=O) groups is 4. The first-order valence-corrected chi connectivity index (χ1v) is 12.7. The second-order valence-electron chi connectivity index (χ2n) is 10.7. The molecular weight excluding hydrogens is 446 g/mol. The number of Topliss-reactive ketones (excluding diaryl/α,β-unsaturated/α-hetero) is 1. The monoisotopic (exact) mass is 485 g/mol. The molecule has 3 atom stereocenters. The van der Waals surface area contributed by atoms with Crippen molar-refractivity contribution in [1.82, 2.24) is 15.5 Å². The van der Waals surface area contributed by atoms with Crippen LogP contribution < -0.4 is 10.6 Å². The average molecular weight is 486 g/mol. The first-order valence-electron chi connectivity index (χ1n) is 12.7. The number of amides is 3. The zero-order valence-electron chi connectivity index (χ0n) is 21.3. The molecule has 0 bridgehead atoms. The molecule has 1 saturated heterocycles. The van der Waals surface area contributed by atoms with Crippen LogP contribution >= 0.6 is 0 Å². The van der Waals surface area contributed by atoms with E-state index in [0.717, 1.165) is 31.2 Å². The molecule has 3 unspecified atom stereocenters. The van der Waals surface area contributed by atoms with E-state index in [-0.39, 0.29) is 11.7 Å². The van der Waals surface area contributed by atoms with Crippen molar-refractivity contribution in [2.24, 2.45) is 5.92 Å². The molecule has 1 aromatic carbocycles. The number of hydrogen-bond donors (Lipinski definition) is 2. The van der Waals surface area contributed by atoms with Crippen molar-refractivity contribution in [3.63, 3.8) is 0 Å². The predicted octanol–water partition coefficient (Wildman–Crippen LogP) is 3.38. The fourth-order valence-corrected chi connectivity index (χ4v) is 4.82. The maximum atomic E-state index is 13.2. The second kappa shape index (κ2) is 11.7. The SMILES string of the molecule is CC(NC(=O)C1CCCN1C(=O)OC(C)(C)C)C(=O)NC(Cc1ccccc1)C(=O)C1CCCC1. The van der Waals surface area contributed by atoms with E-state index in [0.29, 0.717) is 25.8 Å². The molecule has 2 aliphatic rings. The van der Waals surface area contributed by atoms with Gasteiger partial charge in [-0.2, -0.15) is 0 Å². The number of carbonyl (C=O) groups excluding carboxylic acids is 4. The van der Waals surface area contributed by atoms with Gasteiger partial charge in [-0.25, -0.2) is 4.79 Å². The van der Waals surface area contributed by atoms with Crippen LogP contribution in [0.3, 0.4) is 0 Å². The summed E-state index contributed by atoms with van der Waals surface area (Å²) in [6.45, 7) is 7.37. The minimum absolute atomic E-state index is 0.0326. The zero-order chi connectivity index (χ0) is 25.6. The van der Waals surface area contributed by atoms with Gasteiger partial charge in [0.2, 0.25) is 11.8 Å². The van der Waals surface area contributed by atoms with Crippen LogP contribution in [0.2, 0.25) is 0 Å². The number of nitrogens with one attached hydrogen (secondary N) is 2. The van der Waals surface area contributed by atoms with Crippen molar-refractivity contribution in [2.75, 3.05) is 6.54 Å². The first kappa shape index (κ1) is 26.7. The van der Waals surface area contributed by atoms with Crippen LogP contribution in [0.5, 0.6) is 0 Å². The lowest BCUT2D eigenvalue weighted by atomic mass is 9.92. The highest BCUT2D eigenvalue weighted by atomic mass is 16.6. The molecule has 3 rings (SSSR count). The zero-order valence-corrected chi connectivity index (χ0v) is 21.3. The molecule has 0 aromatic heterocycles. The van der Waals surface area contributed by atoms with Crippen molar-refractivity contribution < 1.29 is 23.9 Å². The highest BCUT2D eigenvalue weighted by Crippen LogP contribution is 2.27. The van der Waals surface area contributed by atoms with Crippen LogP contribution in [0.25, 0.3) is 0 Å². The molecule has 1 aliphatic carbocycles. The molecule has 192 valence electrons. The summed E-state index contributed by atoms with van der Waals surface area (Å²) >= 11 is 0. The van der Waals surface area contributed by atoms with Crippen molar-refractivity contribution in [3.8, 4) is 0 Å². The second-order valence-corrected chi connectivity index (χ2v) is 10.7. The summed E-state index contributed by atoms with van der Waals surface area (Å²) in [5.41, 5.74) is 0.313. The molecule has 8 nitrogen and oxygen atoms in total. The van der Waals surface area contributed by atoms with E-state index in [1.54, 1.807) is 27.7 Å². The lowest BCUT2D eigenvalue weighted by Gasteiger charge is -2.29. The van der Waals surface area contributed by atoms with Gasteiger partial charge in [0.1, 0.15) is 17.7 Å². The Morgan fingerprint density at radius 2 is 1.66 bits per heavy atom. The van der Waals surface area contributed by atoms with Gasteiger partial charge in [-0.05, 0) is 65.4 Å². The van der Waals surface area contributed by atoms with E-state index < -0.39 is 41.6 Å². The van der Waals surface area contributed by atoms with Gasteiger partial charge >= 0.3 is 6.09 Å². The van der Waals surface area contributed by atoms with E-state index in [4.69, 9.17) is 4.74 Å². The molecule has 1 aliphatic heterocycles. The molecule has 1 heterocycles. The smallest absolute Gasteiger partial charge is 0.410 e. The Labute approximate surface area is 208 Å². The summed E-state index contributed by atoms with van der Waals surface area (Å²) in [5.74, 6) is -0.773. The summed E-state index contributed by atoms with van der Waals surface area (Å²) in [5, 5.41) is 5.63. The fourth-order valence-electron chi connectivity index (χ4n) is 4.82. The molecule has 1 saturated carbocycles. The maximum Gasteiger partial charge on any atom is 0.410 e. The number of nitrogens with zero attached hydrogens (tertiary/aromatic N) is 1. The molecule has 8 heteroatoms. The lowest BCUT2D eigenvalue weighted by molar-refractivity contribution is -0.133. The Bertz CT molecular complexity index is 905. The number of likely N-dealkylation sites (tertiary alicyclic amines) is 1. The van der Waals surface area contributed by atoms with Gasteiger partial charge in [0, 0.05) is 12.5 Å². The Balaban J connectivity index is 1.62. The van der Waals surface area contributed by atoms with Crippen LogP contribution in [0.15, 0.2) is 30.3 Å². The average Bonchev–Trinajstić information content (AvgIpc) is 3.50. The topological polar surface area (TPSA) is 105 Å². The van der Waals surface area contributed by atoms with Gasteiger partial charge in [-0.15, -0.1) is 0 Å². The standard InChI is InChI=1S/C27H39N3O5/c1-18(28-25(33)22-15-10-16-30(22)26(34)35-27(2,3)4)24(32)29-21(17-19-11-6-5-7-12-19)23(31)20-13-8-9-14-20/h5-7,11-12,18,20-22H,8-10,13-17H2,1-4H3,(H,28,33)(H,29,32). The molecule has 0 radical (unpaired) electrons. The summed E-state index contributed by atoms with van der Waals surface area (Å²) in [6, 6.07) is 7.45. The minimum Gasteiger partial charge on any atom is -0.444 e. The number of benzene rings is 1. The van der Waals surface area contributed by atoms with Crippen molar-refractivity contribution in [1.29, 1.82) is 0 Å². The predicted molar refractivity (Wildman–Crippen MR) is 133 cm³/mol. The highest BCUT2D eigenvalue weighted by molar-refractivity contribution is 5.95. The Kier molecular flexibility index (Phi) is 8.92. The van der Waals surface area contributed by atoms with Crippen LogP contribution in [-0.4, -0.2) is 58.9 Å². The van der Waals surface area contributed by atoms with Gasteiger partial charge in [0.05, 0.1) is 6.04 Å². The maximum absolute atomic E-state index is 13.2. The quantitative estimate of drug-likeness (QED) is 0.587. The number of ether oxygens (including phenoxy) is 1. The fraction of sp³-hybridized carbons (Fsp3) is 0.630. The van der Waals surface area contributed by atoms with Crippen LogP contribution in [0.1, 0.15) is 71.8 Å². The first-order chi connectivity index (χ1) is 16.5. The van der Waals surface area contributed by atoms with Crippen molar-refractivity contribution in [2.45, 2.75) is 96.4 Å². The number of hydrogen-bond acceptors (Lipinski definition) is 5. The van der Waals surface area contributed by atoms with Gasteiger partial charge < -0.3 is 15.4 Å². The Hall–Kier alpha value is -2.90. The van der Waals surface area contributed by atoms with E-state index in [2.05, 4.69) is 10.6 Å². The molecule has 2 fully saturated rings. The Morgan fingerprint density at radius 3 is 2.29 bits per heavy atom. The van der Waals surface area contributed by atoms with E-state index >= 15 is 0 Å². The summed E-state index contributed by atoms with van der Waals surface area (Å²) in [6.07, 6.45) is 4.86. The molecule has 3 amide bonds. The third-order valence-electron chi connectivity index (χ3n) is 6.64. The molecular formula is C27H39N3O5. The van der Waals surface area contributed by atoms with Crippen molar-refractivity contribution in [3.05, 3.63) is 35.9 Å². The van der Waals surface area contributed by atoms with Gasteiger partial charge in [-0.1, -0.05) is 43.2 Å². The van der Waals surface area contributed by atoms with Gasteiger partial charge in [0.15, 0.2) is 5.78 Å². The Morgan fingerprint density at radius 1 is 1.00 bits per heavy atom. The highest BCUT2D eigenvalue weighted by Gasteiger charge is 2.38. The van der Waals surface area contributed by atoms with Crippen LogP contribution in [0, 0.1) is 5.92 Å². The van der Waals surface area contributed by atoms with Gasteiger partial charge in [0.25, 0.3) is 0 Å². The van der Waals surface area contributed by atoms with Crippen LogP contribution in [-0.2, 0) is 25.5 Å². The normalized spacial score (nSPS) is 20.2. The van der Waals surface area contributed by atoms with E-state index in [9.17, 15) is 19.2 Å². The van der Waals surface area contributed by atoms with Crippen molar-refractivity contribution >= 4 is 23.7 Å². The van der Waals surface area contributed by atoms with Crippen LogP contribution in [0.4, 0.5) is 4.79 Å². The number of rotatable bonds is 8. The molecule has 0 spiro atoms. The summed E-state index contributed by atoms with van der Waals surface area (Å²) in [4.78, 5) is 53.1. The molecule has 1 aromatic rings. The summed E-state index contributed by atoms with van der Waals surface area (Å²) < 4.78 is 5.43. The number of ketones is 1. The van der Waals surface area contributed by atoms with E-state index in [1.807, 2.05) is 30.3 Å². The molecule has 35 heavy (non-hydrogen) atoms. The molecule has 2 N–H and O–H groups in total.